The highest BCUT2D eigenvalue weighted by molar-refractivity contribution is 7.92. The second-order valence-corrected chi connectivity index (χ2v) is 9.54. The summed E-state index contributed by atoms with van der Waals surface area (Å²) in [6, 6.07) is -0.522. The van der Waals surface area contributed by atoms with E-state index in [1.54, 1.807) is 13.8 Å². The van der Waals surface area contributed by atoms with E-state index in [0.29, 0.717) is 6.42 Å². The molecule has 118 valence electrons. The van der Waals surface area contributed by atoms with Gasteiger partial charge in [-0.1, -0.05) is 13.8 Å². The predicted molar refractivity (Wildman–Crippen MR) is 76.5 cm³/mol. The number of carbonyl (C=O) groups excluding carboxylic acids is 1. The molecule has 1 heterocycles. The number of hydrogen-bond donors (Lipinski definition) is 1. The summed E-state index contributed by atoms with van der Waals surface area (Å²) in [5.41, 5.74) is 0. The maximum absolute atomic E-state index is 11.8. The Morgan fingerprint density at radius 2 is 2.00 bits per heavy atom. The van der Waals surface area contributed by atoms with Crippen LogP contribution in [0.2, 0.25) is 0 Å². The van der Waals surface area contributed by atoms with Crippen LogP contribution >= 0.6 is 0 Å². The number of hydrogen-bond acceptors (Lipinski definition) is 5. The highest BCUT2D eigenvalue weighted by atomic mass is 32.2. The van der Waals surface area contributed by atoms with Crippen molar-refractivity contribution in [3.8, 4) is 0 Å². The summed E-state index contributed by atoms with van der Waals surface area (Å²) in [4.78, 5) is 11.4. The van der Waals surface area contributed by atoms with E-state index in [1.807, 2.05) is 0 Å². The standard InChI is InChI=1S/C11H22N2O5S2/c1-9(2)11(14)12-5-6-13(19(3,15)16)10-4-7-20(17,18)8-10/h9-10H,4-8H2,1-3H3,(H,12,14). The SMILES string of the molecule is CC(C)C(=O)NCCN(C1CCS(=O)(=O)C1)S(C)(=O)=O. The molecule has 1 fully saturated rings. The third-order valence-corrected chi connectivity index (χ3v) is 6.28. The zero-order valence-electron chi connectivity index (χ0n) is 12.0. The van der Waals surface area contributed by atoms with E-state index < -0.39 is 25.9 Å². The van der Waals surface area contributed by atoms with Gasteiger partial charge in [-0.3, -0.25) is 4.79 Å². The lowest BCUT2D eigenvalue weighted by molar-refractivity contribution is -0.124. The maximum Gasteiger partial charge on any atom is 0.222 e. The monoisotopic (exact) mass is 326 g/mol. The van der Waals surface area contributed by atoms with Crippen molar-refractivity contribution in [2.45, 2.75) is 26.3 Å². The van der Waals surface area contributed by atoms with Crippen LogP contribution in [-0.2, 0) is 24.7 Å². The maximum atomic E-state index is 11.8. The number of carbonyl (C=O) groups is 1. The van der Waals surface area contributed by atoms with E-state index in [4.69, 9.17) is 0 Å². The lowest BCUT2D eigenvalue weighted by Gasteiger charge is -2.25. The lowest BCUT2D eigenvalue weighted by atomic mass is 10.2. The van der Waals surface area contributed by atoms with Gasteiger partial charge in [-0.05, 0) is 6.42 Å². The van der Waals surface area contributed by atoms with Crippen LogP contribution in [0.25, 0.3) is 0 Å². The molecule has 0 aromatic rings. The van der Waals surface area contributed by atoms with Crippen LogP contribution in [0.3, 0.4) is 0 Å². The fourth-order valence-electron chi connectivity index (χ4n) is 2.12. The number of nitrogens with zero attached hydrogens (tertiary/aromatic N) is 1. The van der Waals surface area contributed by atoms with Crippen LogP contribution in [-0.4, -0.2) is 63.9 Å². The van der Waals surface area contributed by atoms with Crippen LogP contribution in [0.15, 0.2) is 0 Å². The van der Waals surface area contributed by atoms with E-state index >= 15 is 0 Å². The van der Waals surface area contributed by atoms with E-state index in [2.05, 4.69) is 5.32 Å². The van der Waals surface area contributed by atoms with Crippen molar-refractivity contribution in [1.29, 1.82) is 0 Å². The summed E-state index contributed by atoms with van der Waals surface area (Å²) in [6.45, 7) is 3.76. The minimum atomic E-state index is -3.50. The molecule has 0 aromatic carbocycles. The van der Waals surface area contributed by atoms with Gasteiger partial charge in [0.1, 0.15) is 0 Å². The van der Waals surface area contributed by atoms with Gasteiger partial charge in [0.15, 0.2) is 9.84 Å². The first kappa shape index (κ1) is 17.4. The van der Waals surface area contributed by atoms with Gasteiger partial charge < -0.3 is 5.32 Å². The molecule has 0 radical (unpaired) electrons. The van der Waals surface area contributed by atoms with Gasteiger partial charge in [0.05, 0.1) is 17.8 Å². The van der Waals surface area contributed by atoms with Gasteiger partial charge in [-0.25, -0.2) is 16.8 Å². The molecular weight excluding hydrogens is 304 g/mol. The Morgan fingerprint density at radius 1 is 1.40 bits per heavy atom. The van der Waals surface area contributed by atoms with E-state index in [9.17, 15) is 21.6 Å². The third kappa shape index (κ3) is 5.02. The lowest BCUT2D eigenvalue weighted by Crippen LogP contribution is -2.45. The number of amides is 1. The summed E-state index contributed by atoms with van der Waals surface area (Å²) in [6.07, 6.45) is 1.37. The second kappa shape index (κ2) is 6.40. The third-order valence-electron chi connectivity index (χ3n) is 3.20. The molecule has 0 spiro atoms. The van der Waals surface area contributed by atoms with Crippen molar-refractivity contribution in [3.05, 3.63) is 0 Å². The largest absolute Gasteiger partial charge is 0.355 e. The summed E-state index contributed by atoms with van der Waals surface area (Å²) < 4.78 is 47.6. The Balaban J connectivity index is 2.66. The normalized spacial score (nSPS) is 22.4. The van der Waals surface area contributed by atoms with Gasteiger partial charge in [0, 0.05) is 25.0 Å². The minimum Gasteiger partial charge on any atom is -0.355 e. The van der Waals surface area contributed by atoms with Crippen molar-refractivity contribution < 1.29 is 21.6 Å². The average molecular weight is 326 g/mol. The molecule has 0 aromatic heterocycles. The summed E-state index contributed by atoms with van der Waals surface area (Å²) in [5.74, 6) is -0.453. The Labute approximate surface area is 120 Å². The van der Waals surface area contributed by atoms with Gasteiger partial charge >= 0.3 is 0 Å². The van der Waals surface area contributed by atoms with Gasteiger partial charge in [0.2, 0.25) is 15.9 Å². The smallest absolute Gasteiger partial charge is 0.222 e. The number of nitrogens with one attached hydrogen (secondary N) is 1. The first-order valence-electron chi connectivity index (χ1n) is 6.48. The summed E-state index contributed by atoms with van der Waals surface area (Å²) in [7, 11) is -6.65. The molecular formula is C11H22N2O5S2. The molecule has 1 amide bonds. The molecule has 1 rings (SSSR count). The molecule has 1 aliphatic rings. The quantitative estimate of drug-likeness (QED) is 0.689. The van der Waals surface area contributed by atoms with Crippen LogP contribution in [0.1, 0.15) is 20.3 Å². The topological polar surface area (TPSA) is 101 Å². The van der Waals surface area contributed by atoms with Gasteiger partial charge in [-0.15, -0.1) is 0 Å². The number of rotatable bonds is 6. The highest BCUT2D eigenvalue weighted by Crippen LogP contribution is 2.19. The first-order valence-corrected chi connectivity index (χ1v) is 10.1. The van der Waals surface area contributed by atoms with Gasteiger partial charge in [0.25, 0.3) is 0 Å². The predicted octanol–water partition coefficient (Wildman–Crippen LogP) is -0.793. The second-order valence-electron chi connectivity index (χ2n) is 5.38. The van der Waals surface area contributed by atoms with E-state index in [-0.39, 0.29) is 36.4 Å². The van der Waals surface area contributed by atoms with Crippen LogP contribution in [0.5, 0.6) is 0 Å². The van der Waals surface area contributed by atoms with E-state index in [1.165, 1.54) is 4.31 Å². The molecule has 7 nitrogen and oxygen atoms in total. The van der Waals surface area contributed by atoms with Crippen molar-refractivity contribution in [2.75, 3.05) is 30.9 Å². The van der Waals surface area contributed by atoms with Crippen LogP contribution in [0.4, 0.5) is 0 Å². The minimum absolute atomic E-state index is 0.0159. The molecule has 0 aliphatic carbocycles. The zero-order chi connectivity index (χ0) is 15.6. The summed E-state index contributed by atoms with van der Waals surface area (Å²) >= 11 is 0. The van der Waals surface area contributed by atoms with Gasteiger partial charge in [-0.2, -0.15) is 4.31 Å². The van der Waals surface area contributed by atoms with Crippen LogP contribution < -0.4 is 5.32 Å². The van der Waals surface area contributed by atoms with Crippen molar-refractivity contribution >= 4 is 25.8 Å². The molecule has 1 unspecified atom stereocenters. The molecule has 1 N–H and O–H groups in total. The van der Waals surface area contributed by atoms with Crippen molar-refractivity contribution in [1.82, 2.24) is 9.62 Å². The van der Waals surface area contributed by atoms with E-state index in [0.717, 1.165) is 6.26 Å². The fraction of sp³-hybridized carbons (Fsp3) is 0.909. The molecule has 0 saturated carbocycles. The molecule has 9 heteroatoms. The Kier molecular flexibility index (Phi) is 5.56. The molecule has 1 aliphatic heterocycles. The molecule has 0 bridgehead atoms. The average Bonchev–Trinajstić information content (AvgIpc) is 2.62. The number of sulfone groups is 1. The Morgan fingerprint density at radius 3 is 2.40 bits per heavy atom. The fourth-order valence-corrected chi connectivity index (χ4v) is 5.08. The van der Waals surface area contributed by atoms with Crippen molar-refractivity contribution in [2.24, 2.45) is 5.92 Å². The Bertz CT molecular complexity index is 553. The molecule has 20 heavy (non-hydrogen) atoms. The number of sulfonamides is 1. The van der Waals surface area contributed by atoms with Crippen molar-refractivity contribution in [3.63, 3.8) is 0 Å². The van der Waals surface area contributed by atoms with Crippen LogP contribution in [0, 0.1) is 5.92 Å². The Hall–Kier alpha value is -0.670. The highest BCUT2D eigenvalue weighted by Gasteiger charge is 2.36. The summed E-state index contributed by atoms with van der Waals surface area (Å²) in [5, 5.41) is 2.63. The molecule has 1 atom stereocenters. The molecule has 1 saturated heterocycles. The first-order chi connectivity index (χ1) is 9.03. The zero-order valence-corrected chi connectivity index (χ0v) is 13.6.